The molecule has 0 radical (unpaired) electrons. The molecule has 0 saturated heterocycles. The Morgan fingerprint density at radius 1 is 1.57 bits per heavy atom. The molecule has 1 aromatic rings. The smallest absolute Gasteiger partial charge is 0.238 e. The predicted molar refractivity (Wildman–Crippen MR) is 46.5 cm³/mol. The van der Waals surface area contributed by atoms with Crippen LogP contribution in [-0.4, -0.2) is 4.98 Å². The molecule has 6 heteroatoms. The van der Waals surface area contributed by atoms with Crippen molar-refractivity contribution >= 4 is 15.9 Å². The summed E-state index contributed by atoms with van der Waals surface area (Å²) in [5, 5.41) is 8.63. The number of hydrogen-bond acceptors (Lipinski definition) is 2. The van der Waals surface area contributed by atoms with Gasteiger partial charge in [-0.25, -0.2) is 18.2 Å². The quantitative estimate of drug-likeness (QED) is 0.771. The van der Waals surface area contributed by atoms with Crippen LogP contribution in [0.2, 0.25) is 0 Å². The van der Waals surface area contributed by atoms with Crippen molar-refractivity contribution in [2.45, 2.75) is 11.8 Å². The van der Waals surface area contributed by atoms with Gasteiger partial charge in [-0.05, 0) is 6.07 Å². The van der Waals surface area contributed by atoms with Gasteiger partial charge in [0.1, 0.15) is 6.07 Å². The lowest BCUT2D eigenvalue weighted by molar-refractivity contribution is 0.146. The molecule has 1 heterocycles. The average Bonchev–Trinajstić information content (AvgIpc) is 2.17. The van der Waals surface area contributed by atoms with Gasteiger partial charge < -0.3 is 0 Å². The summed E-state index contributed by atoms with van der Waals surface area (Å²) in [6.45, 7) is 0. The molecule has 0 fully saturated rings. The van der Waals surface area contributed by atoms with E-state index in [1.54, 1.807) is 0 Å². The Hall–Kier alpha value is -1.09. The van der Waals surface area contributed by atoms with E-state index in [0.717, 1.165) is 6.07 Å². The first-order valence-corrected chi connectivity index (χ1v) is 4.65. The first-order chi connectivity index (χ1) is 6.60. The molecular weight excluding hydrogens is 261 g/mol. The molecule has 0 N–H and O–H groups in total. The molecule has 0 aliphatic carbocycles. The normalized spacial score (nSPS) is 10.3. The first kappa shape index (κ1) is 11.0. The van der Waals surface area contributed by atoms with Crippen LogP contribution in [0.15, 0.2) is 6.07 Å². The van der Waals surface area contributed by atoms with Gasteiger partial charge in [-0.3, -0.25) is 0 Å². The van der Waals surface area contributed by atoms with E-state index in [9.17, 15) is 13.2 Å². The lowest BCUT2D eigenvalue weighted by Gasteiger charge is -2.04. The second kappa shape index (κ2) is 4.42. The fourth-order valence-corrected chi connectivity index (χ4v) is 1.19. The summed E-state index contributed by atoms with van der Waals surface area (Å²) in [5.74, 6) is -1.24. The van der Waals surface area contributed by atoms with E-state index < -0.39 is 23.5 Å². The molecule has 0 aliphatic heterocycles. The van der Waals surface area contributed by atoms with Crippen molar-refractivity contribution in [3.8, 4) is 6.07 Å². The van der Waals surface area contributed by atoms with E-state index in [2.05, 4.69) is 20.9 Å². The summed E-state index contributed by atoms with van der Waals surface area (Å²) in [6, 6.07) is 2.37. The van der Waals surface area contributed by atoms with Crippen molar-refractivity contribution in [1.29, 1.82) is 5.26 Å². The number of pyridine rings is 1. The van der Waals surface area contributed by atoms with Gasteiger partial charge in [-0.1, -0.05) is 15.9 Å². The van der Waals surface area contributed by atoms with Gasteiger partial charge in [-0.2, -0.15) is 5.26 Å². The predicted octanol–water partition coefficient (Wildman–Crippen LogP) is 2.92. The Balaban J connectivity index is 3.36. The number of halogens is 4. The number of aromatic nitrogens is 1. The zero-order valence-electron chi connectivity index (χ0n) is 6.77. The molecule has 0 saturated carbocycles. The Labute approximate surface area is 86.5 Å². The van der Waals surface area contributed by atoms with Crippen LogP contribution in [0.25, 0.3) is 0 Å². The SMILES string of the molecule is N#Cc1nc(CBr)cc(C(F)F)c1F. The maximum absolute atomic E-state index is 13.1. The molecule has 14 heavy (non-hydrogen) atoms. The van der Waals surface area contributed by atoms with Gasteiger partial charge in [0, 0.05) is 5.33 Å². The van der Waals surface area contributed by atoms with Gasteiger partial charge >= 0.3 is 0 Å². The third-order valence-electron chi connectivity index (χ3n) is 1.52. The van der Waals surface area contributed by atoms with Gasteiger partial charge in [0.25, 0.3) is 6.43 Å². The molecule has 74 valence electrons. The summed E-state index contributed by atoms with van der Waals surface area (Å²) in [6.07, 6.45) is -2.94. The molecule has 0 atom stereocenters. The summed E-state index contributed by atoms with van der Waals surface area (Å²) >= 11 is 2.99. The fourth-order valence-electron chi connectivity index (χ4n) is 0.906. The van der Waals surface area contributed by atoms with E-state index in [4.69, 9.17) is 5.26 Å². The molecule has 2 nitrogen and oxygen atoms in total. The van der Waals surface area contributed by atoms with Crippen molar-refractivity contribution in [3.05, 3.63) is 28.8 Å². The first-order valence-electron chi connectivity index (χ1n) is 3.53. The highest BCUT2D eigenvalue weighted by atomic mass is 79.9. The Kier molecular flexibility index (Phi) is 3.47. The van der Waals surface area contributed by atoms with E-state index >= 15 is 0 Å². The second-order valence-electron chi connectivity index (χ2n) is 2.41. The zero-order chi connectivity index (χ0) is 10.7. The molecule has 0 aliphatic rings. The van der Waals surface area contributed by atoms with Crippen molar-refractivity contribution in [3.63, 3.8) is 0 Å². The minimum absolute atomic E-state index is 0.196. The molecule has 0 bridgehead atoms. The largest absolute Gasteiger partial charge is 0.266 e. The number of rotatable bonds is 2. The summed E-state index contributed by atoms with van der Waals surface area (Å²) in [7, 11) is 0. The number of alkyl halides is 3. The number of hydrogen-bond donors (Lipinski definition) is 0. The van der Waals surface area contributed by atoms with Crippen LogP contribution in [-0.2, 0) is 5.33 Å². The van der Waals surface area contributed by atoms with Crippen LogP contribution in [0, 0.1) is 17.1 Å². The van der Waals surface area contributed by atoms with Crippen molar-refractivity contribution in [2.75, 3.05) is 0 Å². The minimum Gasteiger partial charge on any atom is -0.238 e. The monoisotopic (exact) mass is 264 g/mol. The molecule has 0 amide bonds. The molecular formula is C8H4BrF3N2. The molecule has 1 aromatic heterocycles. The average molecular weight is 265 g/mol. The minimum atomic E-state index is -2.94. The van der Waals surface area contributed by atoms with Crippen LogP contribution in [0.3, 0.4) is 0 Å². The van der Waals surface area contributed by atoms with Crippen LogP contribution >= 0.6 is 15.9 Å². The van der Waals surface area contributed by atoms with Crippen LogP contribution in [0.1, 0.15) is 23.4 Å². The van der Waals surface area contributed by atoms with Gasteiger partial charge in [0.2, 0.25) is 0 Å². The lowest BCUT2D eigenvalue weighted by atomic mass is 10.2. The third kappa shape index (κ3) is 2.04. The highest BCUT2D eigenvalue weighted by Gasteiger charge is 2.18. The topological polar surface area (TPSA) is 36.7 Å². The van der Waals surface area contributed by atoms with Crippen LogP contribution in [0.4, 0.5) is 13.2 Å². The number of nitriles is 1. The van der Waals surface area contributed by atoms with Gasteiger partial charge in [0.05, 0.1) is 11.3 Å². The maximum Gasteiger partial charge on any atom is 0.266 e. The maximum atomic E-state index is 13.1. The molecule has 0 unspecified atom stereocenters. The molecule has 0 aromatic carbocycles. The van der Waals surface area contributed by atoms with Crippen molar-refractivity contribution in [2.24, 2.45) is 0 Å². The van der Waals surface area contributed by atoms with E-state index in [-0.39, 0.29) is 11.0 Å². The Bertz CT molecular complexity index is 387. The summed E-state index contributed by atoms with van der Waals surface area (Å²) < 4.78 is 37.6. The summed E-state index contributed by atoms with van der Waals surface area (Å²) in [5.41, 5.74) is -1.18. The Morgan fingerprint density at radius 3 is 2.64 bits per heavy atom. The standard InChI is InChI=1S/C8H4BrF3N2/c9-2-4-1-5(8(11)12)7(10)6(3-13)14-4/h1,8H,2H2. The van der Waals surface area contributed by atoms with Gasteiger partial charge in [0.15, 0.2) is 11.5 Å². The van der Waals surface area contributed by atoms with E-state index in [1.165, 1.54) is 6.07 Å². The lowest BCUT2D eigenvalue weighted by Crippen LogP contribution is -2.01. The summed E-state index contributed by atoms with van der Waals surface area (Å²) in [4.78, 5) is 3.54. The third-order valence-corrected chi connectivity index (χ3v) is 2.09. The second-order valence-corrected chi connectivity index (χ2v) is 2.97. The zero-order valence-corrected chi connectivity index (χ0v) is 8.35. The van der Waals surface area contributed by atoms with Crippen molar-refractivity contribution in [1.82, 2.24) is 4.98 Å². The molecule has 1 rings (SSSR count). The highest BCUT2D eigenvalue weighted by Crippen LogP contribution is 2.24. The molecule has 0 spiro atoms. The van der Waals surface area contributed by atoms with Crippen LogP contribution < -0.4 is 0 Å². The van der Waals surface area contributed by atoms with E-state index in [0.29, 0.717) is 0 Å². The Morgan fingerprint density at radius 2 is 2.21 bits per heavy atom. The van der Waals surface area contributed by atoms with Gasteiger partial charge in [-0.15, -0.1) is 0 Å². The number of nitrogens with zero attached hydrogens (tertiary/aromatic N) is 2. The van der Waals surface area contributed by atoms with Crippen LogP contribution in [0.5, 0.6) is 0 Å². The van der Waals surface area contributed by atoms with E-state index in [1.807, 2.05) is 0 Å². The fraction of sp³-hybridized carbons (Fsp3) is 0.250. The van der Waals surface area contributed by atoms with Crippen molar-refractivity contribution < 1.29 is 13.2 Å². The highest BCUT2D eigenvalue weighted by molar-refractivity contribution is 9.08.